The van der Waals surface area contributed by atoms with Crippen LogP contribution in [0.2, 0.25) is 0 Å². The highest BCUT2D eigenvalue weighted by molar-refractivity contribution is 7.99. The molecule has 0 radical (unpaired) electrons. The Bertz CT molecular complexity index is 834. The number of H-pyrrole nitrogens is 1. The first-order valence-electron chi connectivity index (χ1n) is 7.33. The Morgan fingerprint density at radius 2 is 1.54 bits per heavy atom. The van der Waals surface area contributed by atoms with Crippen molar-refractivity contribution in [1.82, 2.24) is 4.98 Å². The van der Waals surface area contributed by atoms with Crippen LogP contribution >= 0.6 is 11.8 Å². The monoisotopic (exact) mass is 345 g/mol. The van der Waals surface area contributed by atoms with Gasteiger partial charge in [-0.15, -0.1) is 0 Å². The van der Waals surface area contributed by atoms with Crippen molar-refractivity contribution in [2.45, 2.75) is 9.79 Å². The molecule has 0 saturated heterocycles. The molecule has 1 aromatic heterocycles. The van der Waals surface area contributed by atoms with Gasteiger partial charge in [0.05, 0.1) is 34.0 Å². The third-order valence-corrected chi connectivity index (χ3v) is 4.75. The minimum atomic E-state index is 0.591. The van der Waals surface area contributed by atoms with E-state index < -0.39 is 0 Å². The highest BCUT2D eigenvalue weighted by atomic mass is 32.2. The van der Waals surface area contributed by atoms with Gasteiger partial charge in [0, 0.05) is 27.4 Å². The molecule has 24 heavy (non-hydrogen) atoms. The van der Waals surface area contributed by atoms with Gasteiger partial charge in [-0.05, 0) is 24.3 Å². The van der Waals surface area contributed by atoms with Gasteiger partial charge in [-0.2, -0.15) is 0 Å². The third kappa shape index (κ3) is 2.97. The number of aromatic amines is 1. The molecular formula is C18H19NO4S. The van der Waals surface area contributed by atoms with Gasteiger partial charge in [0.2, 0.25) is 5.75 Å². The molecule has 0 amide bonds. The number of nitrogens with one attached hydrogen (secondary N) is 1. The molecule has 0 bridgehead atoms. The summed E-state index contributed by atoms with van der Waals surface area (Å²) in [4.78, 5) is 5.39. The number of methoxy groups -OCH3 is 4. The molecule has 3 aromatic rings. The second kappa shape index (κ2) is 6.97. The standard InChI is InChI=1S/C18H19NO4S/c1-20-11-5-6-13-14(7-11)19-10-17(13)24-12-8-15(21-2)18(23-4)16(9-12)22-3/h5-10,19H,1-4H3. The summed E-state index contributed by atoms with van der Waals surface area (Å²) in [5.41, 5.74) is 1.03. The lowest BCUT2D eigenvalue weighted by Gasteiger charge is -2.13. The van der Waals surface area contributed by atoms with Gasteiger partial charge < -0.3 is 23.9 Å². The number of hydrogen-bond donors (Lipinski definition) is 1. The van der Waals surface area contributed by atoms with E-state index in [1.54, 1.807) is 40.2 Å². The van der Waals surface area contributed by atoms with E-state index in [4.69, 9.17) is 18.9 Å². The summed E-state index contributed by atoms with van der Waals surface area (Å²) < 4.78 is 21.5. The van der Waals surface area contributed by atoms with Gasteiger partial charge in [-0.25, -0.2) is 0 Å². The zero-order valence-electron chi connectivity index (χ0n) is 14.0. The summed E-state index contributed by atoms with van der Waals surface area (Å²) in [5.74, 6) is 2.70. The fraction of sp³-hybridized carbons (Fsp3) is 0.222. The van der Waals surface area contributed by atoms with Crippen LogP contribution in [0.3, 0.4) is 0 Å². The van der Waals surface area contributed by atoms with Gasteiger partial charge in [0.15, 0.2) is 11.5 Å². The molecule has 0 spiro atoms. The van der Waals surface area contributed by atoms with Crippen molar-refractivity contribution in [3.8, 4) is 23.0 Å². The number of aromatic nitrogens is 1. The quantitative estimate of drug-likeness (QED) is 0.720. The first-order valence-corrected chi connectivity index (χ1v) is 8.14. The number of benzene rings is 2. The molecule has 1 N–H and O–H groups in total. The summed E-state index contributed by atoms with van der Waals surface area (Å²) in [6.45, 7) is 0. The Kier molecular flexibility index (Phi) is 4.76. The zero-order chi connectivity index (χ0) is 17.1. The maximum absolute atomic E-state index is 5.41. The number of fused-ring (bicyclic) bond motifs is 1. The topological polar surface area (TPSA) is 52.7 Å². The summed E-state index contributed by atoms with van der Waals surface area (Å²) >= 11 is 1.63. The van der Waals surface area contributed by atoms with E-state index in [9.17, 15) is 0 Å². The molecule has 0 fully saturated rings. The van der Waals surface area contributed by atoms with Gasteiger partial charge in [0.1, 0.15) is 5.75 Å². The summed E-state index contributed by atoms with van der Waals surface area (Å²) in [5, 5.41) is 1.13. The molecule has 126 valence electrons. The van der Waals surface area contributed by atoms with Crippen molar-refractivity contribution >= 4 is 22.7 Å². The maximum Gasteiger partial charge on any atom is 0.203 e. The molecule has 6 heteroatoms. The number of hydrogen-bond acceptors (Lipinski definition) is 5. The minimum absolute atomic E-state index is 0.591. The van der Waals surface area contributed by atoms with Crippen LogP contribution in [0.25, 0.3) is 10.9 Å². The summed E-state index contributed by atoms with van der Waals surface area (Å²) in [6.07, 6.45) is 1.98. The molecule has 5 nitrogen and oxygen atoms in total. The largest absolute Gasteiger partial charge is 0.497 e. The smallest absolute Gasteiger partial charge is 0.203 e. The Balaban J connectivity index is 1.99. The lowest BCUT2D eigenvalue weighted by Crippen LogP contribution is -1.95. The second-order valence-corrected chi connectivity index (χ2v) is 6.14. The molecule has 0 aliphatic carbocycles. The van der Waals surface area contributed by atoms with Crippen LogP contribution in [0.4, 0.5) is 0 Å². The van der Waals surface area contributed by atoms with Gasteiger partial charge in [-0.3, -0.25) is 0 Å². The van der Waals surface area contributed by atoms with Crippen molar-refractivity contribution in [2.24, 2.45) is 0 Å². The number of rotatable bonds is 6. The normalized spacial score (nSPS) is 10.7. The van der Waals surface area contributed by atoms with Crippen molar-refractivity contribution < 1.29 is 18.9 Å². The van der Waals surface area contributed by atoms with E-state index in [2.05, 4.69) is 4.98 Å². The van der Waals surface area contributed by atoms with Crippen molar-refractivity contribution in [2.75, 3.05) is 28.4 Å². The molecular weight excluding hydrogens is 326 g/mol. The molecule has 0 aliphatic rings. The Morgan fingerprint density at radius 1 is 0.833 bits per heavy atom. The molecule has 3 rings (SSSR count). The number of ether oxygens (including phenoxy) is 4. The Labute approximate surface area is 144 Å². The molecule has 0 atom stereocenters. The van der Waals surface area contributed by atoms with Crippen molar-refractivity contribution in [3.63, 3.8) is 0 Å². The van der Waals surface area contributed by atoms with E-state index in [1.807, 2.05) is 36.5 Å². The Hall–Kier alpha value is -2.47. The zero-order valence-corrected chi connectivity index (χ0v) is 14.8. The van der Waals surface area contributed by atoms with Crippen LogP contribution < -0.4 is 18.9 Å². The van der Waals surface area contributed by atoms with E-state index in [-0.39, 0.29) is 0 Å². The summed E-state index contributed by atoms with van der Waals surface area (Å²) in [7, 11) is 6.49. The van der Waals surface area contributed by atoms with Gasteiger partial charge in [0.25, 0.3) is 0 Å². The van der Waals surface area contributed by atoms with Crippen LogP contribution in [-0.4, -0.2) is 33.4 Å². The molecule has 2 aromatic carbocycles. The fourth-order valence-corrected chi connectivity index (χ4v) is 3.52. The van der Waals surface area contributed by atoms with Gasteiger partial charge >= 0.3 is 0 Å². The van der Waals surface area contributed by atoms with E-state index in [0.717, 1.165) is 26.4 Å². The van der Waals surface area contributed by atoms with E-state index in [1.165, 1.54) is 0 Å². The van der Waals surface area contributed by atoms with E-state index >= 15 is 0 Å². The molecule has 0 aliphatic heterocycles. The Morgan fingerprint density at radius 3 is 2.12 bits per heavy atom. The minimum Gasteiger partial charge on any atom is -0.497 e. The molecule has 0 saturated carbocycles. The highest BCUT2D eigenvalue weighted by Gasteiger charge is 2.15. The average molecular weight is 345 g/mol. The van der Waals surface area contributed by atoms with Crippen molar-refractivity contribution in [1.29, 1.82) is 0 Å². The van der Waals surface area contributed by atoms with Crippen LogP contribution in [0.1, 0.15) is 0 Å². The highest BCUT2D eigenvalue weighted by Crippen LogP contribution is 2.43. The maximum atomic E-state index is 5.41. The van der Waals surface area contributed by atoms with Gasteiger partial charge in [-0.1, -0.05) is 11.8 Å². The lowest BCUT2D eigenvalue weighted by atomic mass is 10.2. The second-order valence-electron chi connectivity index (χ2n) is 5.03. The van der Waals surface area contributed by atoms with E-state index in [0.29, 0.717) is 17.2 Å². The predicted molar refractivity (Wildman–Crippen MR) is 95.1 cm³/mol. The van der Waals surface area contributed by atoms with Crippen LogP contribution in [0, 0.1) is 0 Å². The van der Waals surface area contributed by atoms with Crippen LogP contribution in [0.15, 0.2) is 46.3 Å². The molecule has 0 unspecified atom stereocenters. The van der Waals surface area contributed by atoms with Crippen LogP contribution in [0.5, 0.6) is 23.0 Å². The fourth-order valence-electron chi connectivity index (χ4n) is 2.53. The third-order valence-electron chi connectivity index (χ3n) is 3.72. The van der Waals surface area contributed by atoms with Crippen molar-refractivity contribution in [3.05, 3.63) is 36.5 Å². The summed E-state index contributed by atoms with van der Waals surface area (Å²) in [6, 6.07) is 9.86. The van der Waals surface area contributed by atoms with Crippen LogP contribution in [-0.2, 0) is 0 Å². The first-order chi connectivity index (χ1) is 11.7. The first kappa shape index (κ1) is 16.4. The SMILES string of the molecule is COc1ccc2c(Sc3cc(OC)c(OC)c(OC)c3)c[nH]c2c1. The lowest BCUT2D eigenvalue weighted by molar-refractivity contribution is 0.323. The average Bonchev–Trinajstić information content (AvgIpc) is 3.02. The predicted octanol–water partition coefficient (Wildman–Crippen LogP) is 4.35. The molecule has 1 heterocycles.